The Morgan fingerprint density at radius 1 is 1.53 bits per heavy atom. The largest absolute Gasteiger partial charge is 0.365 e. The normalized spacial score (nSPS) is 23.0. The minimum Gasteiger partial charge on any atom is -0.365 e. The van der Waals surface area contributed by atoms with Gasteiger partial charge in [0.05, 0.1) is 6.54 Å². The summed E-state index contributed by atoms with van der Waals surface area (Å²) in [6.07, 6.45) is 3.38. The molecule has 1 aliphatic rings. The summed E-state index contributed by atoms with van der Waals surface area (Å²) < 4.78 is 0. The van der Waals surface area contributed by atoms with E-state index in [1.807, 2.05) is 23.5 Å². The van der Waals surface area contributed by atoms with Crippen LogP contribution in [-0.2, 0) is 0 Å². The maximum absolute atomic E-state index is 4.52. The molecule has 0 aromatic rings. The Balaban J connectivity index is 2.14. The monoisotopic (exact) mass is 246 g/mol. The summed E-state index contributed by atoms with van der Waals surface area (Å²) in [7, 11) is 0. The Hall–Kier alpha value is 0.170. The molecule has 0 saturated heterocycles. The summed E-state index contributed by atoms with van der Waals surface area (Å²) in [6, 6.07) is 0. The molecule has 0 fully saturated rings. The van der Waals surface area contributed by atoms with Crippen molar-refractivity contribution in [2.75, 3.05) is 19.3 Å². The molecule has 0 aromatic carbocycles. The Bertz CT molecular complexity index is 217. The van der Waals surface area contributed by atoms with Crippen molar-refractivity contribution in [3.63, 3.8) is 0 Å². The average Bonchev–Trinajstić information content (AvgIpc) is 2.66. The lowest BCUT2D eigenvalue weighted by atomic mass is 10.1. The molecular formula is C11H22N2S2. The van der Waals surface area contributed by atoms with E-state index in [2.05, 4.69) is 37.3 Å². The van der Waals surface area contributed by atoms with E-state index in [0.717, 1.165) is 29.4 Å². The Labute approximate surface area is 102 Å². The smallest absolute Gasteiger partial charge is 0.156 e. The van der Waals surface area contributed by atoms with Gasteiger partial charge in [-0.3, -0.25) is 4.99 Å². The predicted molar refractivity (Wildman–Crippen MR) is 74.1 cm³/mol. The first-order valence-electron chi connectivity index (χ1n) is 5.61. The van der Waals surface area contributed by atoms with Crippen molar-refractivity contribution in [1.82, 2.24) is 5.32 Å². The van der Waals surface area contributed by atoms with E-state index in [4.69, 9.17) is 0 Å². The average molecular weight is 246 g/mol. The minimum absolute atomic E-state index is 0.686. The molecule has 1 heterocycles. The van der Waals surface area contributed by atoms with E-state index in [-0.39, 0.29) is 0 Å². The third-order valence-corrected chi connectivity index (χ3v) is 5.18. The van der Waals surface area contributed by atoms with E-state index in [1.165, 1.54) is 6.42 Å². The van der Waals surface area contributed by atoms with Crippen LogP contribution >= 0.6 is 23.5 Å². The fourth-order valence-corrected chi connectivity index (χ4v) is 2.73. The molecule has 0 aliphatic carbocycles. The van der Waals surface area contributed by atoms with Crippen LogP contribution < -0.4 is 5.32 Å². The molecule has 1 N–H and O–H groups in total. The summed E-state index contributed by atoms with van der Waals surface area (Å²) in [5.74, 6) is 0.725. The molecule has 2 atom stereocenters. The van der Waals surface area contributed by atoms with E-state index < -0.39 is 0 Å². The van der Waals surface area contributed by atoms with Crippen LogP contribution in [0.5, 0.6) is 0 Å². The molecule has 2 nitrogen and oxygen atoms in total. The molecule has 0 radical (unpaired) electrons. The number of rotatable bonds is 5. The van der Waals surface area contributed by atoms with E-state index in [1.54, 1.807) is 0 Å². The molecule has 1 aliphatic heterocycles. The number of hydrogen-bond acceptors (Lipinski definition) is 4. The van der Waals surface area contributed by atoms with Crippen LogP contribution in [0.15, 0.2) is 4.99 Å². The number of nitrogens with one attached hydrogen (secondary N) is 1. The zero-order valence-corrected chi connectivity index (χ0v) is 11.8. The van der Waals surface area contributed by atoms with E-state index in [9.17, 15) is 0 Å². The van der Waals surface area contributed by atoms with E-state index >= 15 is 0 Å². The van der Waals surface area contributed by atoms with Gasteiger partial charge in [-0.2, -0.15) is 11.8 Å². The molecule has 0 spiro atoms. The minimum atomic E-state index is 0.686. The number of thioether (sulfide) groups is 2. The van der Waals surface area contributed by atoms with Crippen molar-refractivity contribution in [1.29, 1.82) is 0 Å². The Kier molecular flexibility index (Phi) is 5.90. The third-order valence-electron chi connectivity index (χ3n) is 2.65. The fraction of sp³-hybridized carbons (Fsp3) is 0.909. The van der Waals surface area contributed by atoms with Crippen molar-refractivity contribution in [3.8, 4) is 0 Å². The van der Waals surface area contributed by atoms with Crippen molar-refractivity contribution >= 4 is 28.7 Å². The second-order valence-corrected chi connectivity index (χ2v) is 6.81. The highest BCUT2D eigenvalue weighted by molar-refractivity contribution is 8.14. The lowest BCUT2D eigenvalue weighted by Gasteiger charge is -2.13. The van der Waals surface area contributed by atoms with Gasteiger partial charge in [-0.25, -0.2) is 0 Å². The number of aliphatic imine (C=N–C) groups is 1. The van der Waals surface area contributed by atoms with Crippen LogP contribution in [0.2, 0.25) is 0 Å². The van der Waals surface area contributed by atoms with Gasteiger partial charge in [0.15, 0.2) is 5.17 Å². The lowest BCUT2D eigenvalue weighted by Crippen LogP contribution is -2.23. The number of nitrogens with zero attached hydrogens (tertiary/aromatic N) is 1. The lowest BCUT2D eigenvalue weighted by molar-refractivity contribution is 0.621. The van der Waals surface area contributed by atoms with Gasteiger partial charge in [0.1, 0.15) is 0 Å². The topological polar surface area (TPSA) is 24.4 Å². The van der Waals surface area contributed by atoms with Crippen LogP contribution in [0.4, 0.5) is 0 Å². The van der Waals surface area contributed by atoms with Crippen LogP contribution in [0.1, 0.15) is 27.2 Å². The molecule has 15 heavy (non-hydrogen) atoms. The van der Waals surface area contributed by atoms with E-state index in [0.29, 0.717) is 5.25 Å². The third kappa shape index (κ3) is 4.68. The van der Waals surface area contributed by atoms with Crippen LogP contribution in [0.3, 0.4) is 0 Å². The second-order valence-electron chi connectivity index (χ2n) is 4.31. The first kappa shape index (κ1) is 13.2. The van der Waals surface area contributed by atoms with Crippen molar-refractivity contribution < 1.29 is 0 Å². The quantitative estimate of drug-likeness (QED) is 0.807. The first-order valence-corrected chi connectivity index (χ1v) is 7.78. The van der Waals surface area contributed by atoms with Crippen LogP contribution in [0.25, 0.3) is 0 Å². The number of amidine groups is 1. The highest BCUT2D eigenvalue weighted by atomic mass is 32.2. The molecule has 0 bridgehead atoms. The summed E-state index contributed by atoms with van der Waals surface area (Å²) in [5, 5.41) is 6.01. The van der Waals surface area contributed by atoms with Gasteiger partial charge < -0.3 is 5.32 Å². The Morgan fingerprint density at radius 3 is 2.80 bits per heavy atom. The van der Waals surface area contributed by atoms with Gasteiger partial charge in [-0.05, 0) is 18.6 Å². The van der Waals surface area contributed by atoms with Crippen LogP contribution in [0, 0.1) is 5.92 Å². The summed E-state index contributed by atoms with van der Waals surface area (Å²) in [6.45, 7) is 8.85. The summed E-state index contributed by atoms with van der Waals surface area (Å²) >= 11 is 3.84. The van der Waals surface area contributed by atoms with Crippen molar-refractivity contribution in [3.05, 3.63) is 0 Å². The number of hydrogen-bond donors (Lipinski definition) is 1. The zero-order valence-electron chi connectivity index (χ0n) is 10.1. The van der Waals surface area contributed by atoms with Gasteiger partial charge in [0.2, 0.25) is 0 Å². The molecule has 2 unspecified atom stereocenters. The summed E-state index contributed by atoms with van der Waals surface area (Å²) in [4.78, 5) is 4.52. The maximum atomic E-state index is 4.52. The molecule has 1 rings (SSSR count). The molecule has 4 heteroatoms. The zero-order chi connectivity index (χ0) is 11.3. The highest BCUT2D eigenvalue weighted by Crippen LogP contribution is 2.25. The first-order chi connectivity index (χ1) is 7.13. The molecule has 0 saturated carbocycles. The fourth-order valence-electron chi connectivity index (χ4n) is 1.34. The molecular weight excluding hydrogens is 224 g/mol. The van der Waals surface area contributed by atoms with Crippen LogP contribution in [-0.4, -0.2) is 35.0 Å². The van der Waals surface area contributed by atoms with Gasteiger partial charge in [-0.1, -0.05) is 32.5 Å². The predicted octanol–water partition coefficient (Wildman–Crippen LogP) is 2.85. The maximum Gasteiger partial charge on any atom is 0.156 e. The molecule has 0 amide bonds. The standard InChI is InChI=1S/C11H22N2S2/c1-8(2)10-7-13-11(15-10)12-6-5-9(3)14-4/h8-10H,5-7H2,1-4H3,(H,12,13). The highest BCUT2D eigenvalue weighted by Gasteiger charge is 2.21. The summed E-state index contributed by atoms with van der Waals surface area (Å²) in [5.41, 5.74) is 0. The Morgan fingerprint density at radius 2 is 2.27 bits per heavy atom. The second kappa shape index (κ2) is 6.69. The molecule has 88 valence electrons. The molecule has 0 aromatic heterocycles. The SMILES string of the molecule is CSC(C)CCNC1=NCC(C(C)C)S1. The van der Waals surface area contributed by atoms with Gasteiger partial charge >= 0.3 is 0 Å². The van der Waals surface area contributed by atoms with Gasteiger partial charge in [-0.15, -0.1) is 0 Å². The van der Waals surface area contributed by atoms with Crippen molar-refractivity contribution in [2.24, 2.45) is 10.9 Å². The van der Waals surface area contributed by atoms with Gasteiger partial charge in [0.25, 0.3) is 0 Å². The van der Waals surface area contributed by atoms with Gasteiger partial charge in [0, 0.05) is 17.0 Å². The van der Waals surface area contributed by atoms with Crippen molar-refractivity contribution in [2.45, 2.75) is 37.7 Å².